The van der Waals surface area contributed by atoms with Gasteiger partial charge in [0, 0.05) is 24.2 Å². The third-order valence-electron chi connectivity index (χ3n) is 4.91. The Balaban J connectivity index is 1.72. The molecule has 1 aromatic carbocycles. The van der Waals surface area contributed by atoms with E-state index in [2.05, 4.69) is 10.3 Å². The van der Waals surface area contributed by atoms with Crippen molar-refractivity contribution in [2.45, 2.75) is 52.4 Å². The van der Waals surface area contributed by atoms with Gasteiger partial charge < -0.3 is 9.73 Å². The minimum Gasteiger partial charge on any atom is -0.440 e. The monoisotopic (exact) mass is 407 g/mol. The molecule has 154 valence electrons. The SMILES string of the molecule is CCCS(=O)(=O)N1CCCC(C(=O)Nc2ccc3oc(C(C)(C)C)nc3c2)C1. The molecule has 8 heteroatoms. The zero-order valence-electron chi connectivity index (χ0n) is 17.0. The Labute approximate surface area is 166 Å². The molecule has 1 unspecified atom stereocenters. The fraction of sp³-hybridized carbons (Fsp3) is 0.600. The van der Waals surface area contributed by atoms with Crippen molar-refractivity contribution in [3.63, 3.8) is 0 Å². The molecule has 1 fully saturated rings. The highest BCUT2D eigenvalue weighted by Gasteiger charge is 2.32. The third kappa shape index (κ3) is 4.55. The molecular weight excluding hydrogens is 378 g/mol. The summed E-state index contributed by atoms with van der Waals surface area (Å²) in [6.45, 7) is 8.67. The molecule has 1 amide bonds. The number of piperidine rings is 1. The van der Waals surface area contributed by atoms with Crippen molar-refractivity contribution >= 4 is 32.7 Å². The summed E-state index contributed by atoms with van der Waals surface area (Å²) in [6.07, 6.45) is 1.95. The highest BCUT2D eigenvalue weighted by atomic mass is 32.2. The molecule has 0 saturated carbocycles. The number of anilines is 1. The zero-order valence-corrected chi connectivity index (χ0v) is 17.8. The first-order valence-corrected chi connectivity index (χ1v) is 11.4. The molecule has 7 nitrogen and oxygen atoms in total. The van der Waals surface area contributed by atoms with E-state index in [0.717, 1.165) is 0 Å². The van der Waals surface area contributed by atoms with E-state index in [1.807, 2.05) is 27.7 Å². The van der Waals surface area contributed by atoms with Crippen LogP contribution < -0.4 is 5.32 Å². The van der Waals surface area contributed by atoms with Crippen molar-refractivity contribution in [2.24, 2.45) is 5.92 Å². The maximum absolute atomic E-state index is 12.7. The summed E-state index contributed by atoms with van der Waals surface area (Å²) in [5.74, 6) is 0.268. The molecule has 1 atom stereocenters. The normalized spacial score (nSPS) is 19.1. The Kier molecular flexibility index (Phi) is 5.82. The van der Waals surface area contributed by atoms with Crippen molar-refractivity contribution in [3.05, 3.63) is 24.1 Å². The van der Waals surface area contributed by atoms with Gasteiger partial charge in [-0.2, -0.15) is 0 Å². The van der Waals surface area contributed by atoms with Crippen LogP contribution in [0.1, 0.15) is 52.8 Å². The fourth-order valence-electron chi connectivity index (χ4n) is 3.37. The molecule has 1 N–H and O–H groups in total. The van der Waals surface area contributed by atoms with Gasteiger partial charge >= 0.3 is 0 Å². The van der Waals surface area contributed by atoms with Gasteiger partial charge in [0.25, 0.3) is 0 Å². The number of nitrogens with one attached hydrogen (secondary N) is 1. The molecule has 1 aliphatic rings. The predicted octanol–water partition coefficient (Wildman–Crippen LogP) is 3.52. The summed E-state index contributed by atoms with van der Waals surface area (Å²) in [5, 5.41) is 2.91. The minimum atomic E-state index is -3.28. The van der Waals surface area contributed by atoms with Crippen molar-refractivity contribution in [1.29, 1.82) is 0 Å². The van der Waals surface area contributed by atoms with Crippen LogP contribution in [0.5, 0.6) is 0 Å². The molecule has 0 aliphatic carbocycles. The lowest BCUT2D eigenvalue weighted by Crippen LogP contribution is -2.44. The van der Waals surface area contributed by atoms with Crippen molar-refractivity contribution in [1.82, 2.24) is 9.29 Å². The first kappa shape index (κ1) is 20.8. The second kappa shape index (κ2) is 7.83. The summed E-state index contributed by atoms with van der Waals surface area (Å²) < 4.78 is 31.9. The number of amides is 1. The van der Waals surface area contributed by atoms with Crippen molar-refractivity contribution < 1.29 is 17.6 Å². The zero-order chi connectivity index (χ0) is 20.5. The number of rotatable bonds is 5. The fourth-order valence-corrected chi connectivity index (χ4v) is 4.95. The van der Waals surface area contributed by atoms with Crippen molar-refractivity contribution in [2.75, 3.05) is 24.2 Å². The number of aromatic nitrogens is 1. The van der Waals surface area contributed by atoms with Crippen LogP contribution in [0, 0.1) is 5.92 Å². The lowest BCUT2D eigenvalue weighted by atomic mass is 9.97. The van der Waals surface area contributed by atoms with E-state index in [1.165, 1.54) is 4.31 Å². The number of hydrogen-bond acceptors (Lipinski definition) is 5. The quantitative estimate of drug-likeness (QED) is 0.819. The molecule has 2 aromatic rings. The molecule has 1 aliphatic heterocycles. The third-order valence-corrected chi connectivity index (χ3v) is 6.95. The average Bonchev–Trinajstić information content (AvgIpc) is 3.05. The van der Waals surface area contributed by atoms with E-state index < -0.39 is 10.0 Å². The molecule has 0 bridgehead atoms. The number of hydrogen-bond donors (Lipinski definition) is 1. The summed E-state index contributed by atoms with van der Waals surface area (Å²) in [6, 6.07) is 5.37. The number of carbonyl (C=O) groups excluding carboxylic acids is 1. The molecule has 1 saturated heterocycles. The van der Waals surface area contributed by atoms with Crippen LogP contribution in [-0.2, 0) is 20.2 Å². The van der Waals surface area contributed by atoms with Crippen LogP contribution in [0.4, 0.5) is 5.69 Å². The Bertz CT molecular complexity index is 959. The van der Waals surface area contributed by atoms with Crippen molar-refractivity contribution in [3.8, 4) is 0 Å². The molecule has 28 heavy (non-hydrogen) atoms. The van der Waals surface area contributed by atoms with Crippen LogP contribution in [0.15, 0.2) is 22.6 Å². The van der Waals surface area contributed by atoms with E-state index in [-0.39, 0.29) is 29.5 Å². The van der Waals surface area contributed by atoms with E-state index in [1.54, 1.807) is 18.2 Å². The maximum atomic E-state index is 12.7. The second-order valence-electron chi connectivity index (χ2n) is 8.45. The summed E-state index contributed by atoms with van der Waals surface area (Å²) >= 11 is 0. The lowest BCUT2D eigenvalue weighted by molar-refractivity contribution is -0.120. The predicted molar refractivity (Wildman–Crippen MR) is 110 cm³/mol. The molecule has 3 rings (SSSR count). The van der Waals surface area contributed by atoms with Gasteiger partial charge in [-0.1, -0.05) is 27.7 Å². The van der Waals surface area contributed by atoms with Crippen LogP contribution in [0.2, 0.25) is 0 Å². The largest absolute Gasteiger partial charge is 0.440 e. The molecule has 2 heterocycles. The van der Waals surface area contributed by atoms with Gasteiger partial charge in [-0.3, -0.25) is 4.79 Å². The van der Waals surface area contributed by atoms with Crippen LogP contribution in [-0.4, -0.2) is 42.5 Å². The number of sulfonamides is 1. The Morgan fingerprint density at radius 2 is 2.11 bits per heavy atom. The van der Waals surface area contributed by atoms with Crippen LogP contribution in [0.3, 0.4) is 0 Å². The average molecular weight is 408 g/mol. The minimum absolute atomic E-state index is 0.125. The lowest BCUT2D eigenvalue weighted by Gasteiger charge is -2.31. The van der Waals surface area contributed by atoms with Crippen LogP contribution in [0.25, 0.3) is 11.1 Å². The molecular formula is C20H29N3O4S. The maximum Gasteiger partial charge on any atom is 0.228 e. The number of benzene rings is 1. The standard InChI is InChI=1S/C20H29N3O4S/c1-5-11-28(25,26)23-10-6-7-14(13-23)18(24)21-15-8-9-17-16(12-15)22-19(27-17)20(2,3)4/h8-9,12,14H,5-7,10-11,13H2,1-4H3,(H,21,24). The van der Waals surface area contributed by atoms with E-state index >= 15 is 0 Å². The molecule has 0 spiro atoms. The van der Waals surface area contributed by atoms with Gasteiger partial charge in [0.05, 0.1) is 11.7 Å². The highest BCUT2D eigenvalue weighted by molar-refractivity contribution is 7.89. The number of nitrogens with zero attached hydrogens (tertiary/aromatic N) is 2. The first-order valence-electron chi connectivity index (χ1n) is 9.80. The summed E-state index contributed by atoms with van der Waals surface area (Å²) in [4.78, 5) is 17.2. The highest BCUT2D eigenvalue weighted by Crippen LogP contribution is 2.28. The number of fused-ring (bicyclic) bond motifs is 1. The van der Waals surface area contributed by atoms with E-state index in [9.17, 15) is 13.2 Å². The van der Waals surface area contributed by atoms with E-state index in [0.29, 0.717) is 48.5 Å². The Morgan fingerprint density at radius 3 is 2.79 bits per heavy atom. The van der Waals surface area contributed by atoms with Gasteiger partial charge in [-0.25, -0.2) is 17.7 Å². The molecule has 1 aromatic heterocycles. The van der Waals surface area contributed by atoms with Gasteiger partial charge in [-0.05, 0) is 37.5 Å². The van der Waals surface area contributed by atoms with Gasteiger partial charge in [0.2, 0.25) is 21.8 Å². The summed E-state index contributed by atoms with van der Waals surface area (Å²) in [7, 11) is -3.28. The summed E-state index contributed by atoms with van der Waals surface area (Å²) in [5.41, 5.74) is 1.81. The molecule has 0 radical (unpaired) electrons. The van der Waals surface area contributed by atoms with Gasteiger partial charge in [-0.15, -0.1) is 0 Å². The van der Waals surface area contributed by atoms with Crippen LogP contribution >= 0.6 is 0 Å². The Hall–Kier alpha value is -1.93. The Morgan fingerprint density at radius 1 is 1.36 bits per heavy atom. The van der Waals surface area contributed by atoms with E-state index in [4.69, 9.17) is 4.42 Å². The smallest absolute Gasteiger partial charge is 0.228 e. The number of carbonyl (C=O) groups is 1. The second-order valence-corrected chi connectivity index (χ2v) is 10.5. The van der Waals surface area contributed by atoms with Gasteiger partial charge in [0.15, 0.2) is 5.58 Å². The van der Waals surface area contributed by atoms with Gasteiger partial charge in [0.1, 0.15) is 5.52 Å². The topological polar surface area (TPSA) is 92.5 Å². The first-order chi connectivity index (χ1) is 13.1. The number of oxazole rings is 1.